The quantitative estimate of drug-likeness (QED) is 0.573. The molecule has 0 heterocycles. The SMILES string of the molecule is Cc1cccc(NS(=O)(=O)c2ccc(C(=O)NCCCNC(C)(C)C)cc2)c1C. The maximum absolute atomic E-state index is 12.7. The van der Waals surface area contributed by atoms with Crippen LogP contribution in [0.5, 0.6) is 0 Å². The van der Waals surface area contributed by atoms with E-state index in [0.717, 1.165) is 24.1 Å². The van der Waals surface area contributed by atoms with E-state index in [0.29, 0.717) is 17.8 Å². The first-order valence-electron chi connectivity index (χ1n) is 9.72. The Morgan fingerprint density at radius 3 is 2.24 bits per heavy atom. The molecular weight excluding hydrogens is 386 g/mol. The Labute approximate surface area is 174 Å². The maximum Gasteiger partial charge on any atom is 0.261 e. The van der Waals surface area contributed by atoms with Crippen molar-refractivity contribution in [2.75, 3.05) is 17.8 Å². The summed E-state index contributed by atoms with van der Waals surface area (Å²) >= 11 is 0. The number of benzene rings is 2. The number of sulfonamides is 1. The van der Waals surface area contributed by atoms with E-state index in [-0.39, 0.29) is 16.3 Å². The Morgan fingerprint density at radius 2 is 1.62 bits per heavy atom. The Hall–Kier alpha value is -2.38. The van der Waals surface area contributed by atoms with Gasteiger partial charge in [-0.25, -0.2) is 8.42 Å². The summed E-state index contributed by atoms with van der Waals surface area (Å²) in [7, 11) is -3.72. The number of aryl methyl sites for hydroxylation is 1. The lowest BCUT2D eigenvalue weighted by atomic mass is 10.1. The van der Waals surface area contributed by atoms with Crippen molar-refractivity contribution in [2.24, 2.45) is 0 Å². The van der Waals surface area contributed by atoms with E-state index in [1.165, 1.54) is 24.3 Å². The molecule has 0 radical (unpaired) electrons. The van der Waals surface area contributed by atoms with E-state index >= 15 is 0 Å². The predicted molar refractivity (Wildman–Crippen MR) is 118 cm³/mol. The molecule has 0 saturated heterocycles. The zero-order valence-electron chi connectivity index (χ0n) is 17.8. The van der Waals surface area contributed by atoms with Gasteiger partial charge in [0.2, 0.25) is 0 Å². The Morgan fingerprint density at radius 1 is 0.966 bits per heavy atom. The summed E-state index contributed by atoms with van der Waals surface area (Å²) in [5, 5.41) is 6.21. The molecule has 0 unspecified atom stereocenters. The van der Waals surface area contributed by atoms with Crippen molar-refractivity contribution in [2.45, 2.75) is 51.5 Å². The third-order valence-electron chi connectivity index (χ3n) is 4.57. The van der Waals surface area contributed by atoms with Crippen LogP contribution in [0.15, 0.2) is 47.4 Å². The number of carbonyl (C=O) groups is 1. The van der Waals surface area contributed by atoms with Crippen molar-refractivity contribution >= 4 is 21.6 Å². The third kappa shape index (κ3) is 6.87. The lowest BCUT2D eigenvalue weighted by molar-refractivity contribution is 0.0953. The molecule has 0 aliphatic carbocycles. The minimum absolute atomic E-state index is 0.0519. The number of carbonyl (C=O) groups excluding carboxylic acids is 1. The molecule has 2 aromatic carbocycles. The van der Waals surface area contributed by atoms with Crippen LogP contribution in [0.25, 0.3) is 0 Å². The smallest absolute Gasteiger partial charge is 0.261 e. The first-order chi connectivity index (χ1) is 13.5. The Kier molecular flexibility index (Phi) is 7.43. The summed E-state index contributed by atoms with van der Waals surface area (Å²) in [6, 6.07) is 11.4. The van der Waals surface area contributed by atoms with Gasteiger partial charge in [0.15, 0.2) is 0 Å². The van der Waals surface area contributed by atoms with Gasteiger partial charge in [-0.15, -0.1) is 0 Å². The van der Waals surface area contributed by atoms with Gasteiger partial charge >= 0.3 is 0 Å². The molecule has 0 fully saturated rings. The monoisotopic (exact) mass is 417 g/mol. The van der Waals surface area contributed by atoms with Crippen LogP contribution in [0.4, 0.5) is 5.69 Å². The van der Waals surface area contributed by atoms with E-state index in [1.807, 2.05) is 26.0 Å². The lowest BCUT2D eigenvalue weighted by Gasteiger charge is -2.20. The second-order valence-corrected chi connectivity index (χ2v) is 9.85. The fourth-order valence-corrected chi connectivity index (χ4v) is 3.83. The van der Waals surface area contributed by atoms with Gasteiger partial charge in [-0.2, -0.15) is 0 Å². The summed E-state index contributed by atoms with van der Waals surface area (Å²) in [5.74, 6) is -0.216. The molecule has 158 valence electrons. The molecule has 0 atom stereocenters. The van der Waals surface area contributed by atoms with Crippen LogP contribution in [0.2, 0.25) is 0 Å². The number of nitrogens with one attached hydrogen (secondary N) is 3. The zero-order chi connectivity index (χ0) is 21.7. The first-order valence-corrected chi connectivity index (χ1v) is 11.2. The average molecular weight is 418 g/mol. The highest BCUT2D eigenvalue weighted by Crippen LogP contribution is 2.22. The van der Waals surface area contributed by atoms with E-state index in [2.05, 4.69) is 36.1 Å². The van der Waals surface area contributed by atoms with Gasteiger partial charge in [-0.3, -0.25) is 9.52 Å². The number of rotatable bonds is 8. The van der Waals surface area contributed by atoms with Gasteiger partial charge in [0.1, 0.15) is 0 Å². The summed E-state index contributed by atoms with van der Waals surface area (Å²) in [4.78, 5) is 12.4. The third-order valence-corrected chi connectivity index (χ3v) is 5.95. The molecule has 0 aliphatic rings. The molecule has 0 bridgehead atoms. The second kappa shape index (κ2) is 9.41. The van der Waals surface area contributed by atoms with Gasteiger partial charge in [0.05, 0.1) is 10.6 Å². The minimum Gasteiger partial charge on any atom is -0.352 e. The van der Waals surface area contributed by atoms with E-state index in [9.17, 15) is 13.2 Å². The highest BCUT2D eigenvalue weighted by atomic mass is 32.2. The van der Waals surface area contributed by atoms with Gasteiger partial charge in [0, 0.05) is 17.6 Å². The van der Waals surface area contributed by atoms with Gasteiger partial charge in [0.25, 0.3) is 15.9 Å². The predicted octanol–water partition coefficient (Wildman–Crippen LogP) is 3.61. The number of hydrogen-bond donors (Lipinski definition) is 3. The molecule has 0 aromatic heterocycles. The molecule has 0 spiro atoms. The number of anilines is 1. The average Bonchev–Trinajstić information content (AvgIpc) is 2.64. The van der Waals surface area contributed by atoms with Crippen LogP contribution in [0.3, 0.4) is 0 Å². The van der Waals surface area contributed by atoms with Crippen LogP contribution in [0.1, 0.15) is 48.7 Å². The van der Waals surface area contributed by atoms with E-state index in [4.69, 9.17) is 0 Å². The van der Waals surface area contributed by atoms with Crippen molar-refractivity contribution in [3.8, 4) is 0 Å². The summed E-state index contributed by atoms with van der Waals surface area (Å²) < 4.78 is 27.9. The van der Waals surface area contributed by atoms with Crippen molar-refractivity contribution in [3.05, 3.63) is 59.2 Å². The molecular formula is C22H31N3O3S. The summed E-state index contributed by atoms with van der Waals surface area (Å²) in [6.45, 7) is 11.4. The van der Waals surface area contributed by atoms with Crippen LogP contribution >= 0.6 is 0 Å². The topological polar surface area (TPSA) is 87.3 Å². The van der Waals surface area contributed by atoms with E-state index < -0.39 is 10.0 Å². The van der Waals surface area contributed by atoms with Gasteiger partial charge in [-0.05, 0) is 89.0 Å². The Bertz CT molecular complexity index is 946. The van der Waals surface area contributed by atoms with Crippen LogP contribution in [0, 0.1) is 13.8 Å². The van der Waals surface area contributed by atoms with Crippen LogP contribution < -0.4 is 15.4 Å². The van der Waals surface area contributed by atoms with Crippen LogP contribution in [-0.2, 0) is 10.0 Å². The van der Waals surface area contributed by atoms with Gasteiger partial charge < -0.3 is 10.6 Å². The molecule has 3 N–H and O–H groups in total. The molecule has 6 nitrogen and oxygen atoms in total. The molecule has 1 amide bonds. The molecule has 0 aliphatic heterocycles. The van der Waals surface area contributed by atoms with Crippen molar-refractivity contribution in [1.82, 2.24) is 10.6 Å². The molecule has 7 heteroatoms. The summed E-state index contributed by atoms with van der Waals surface area (Å²) in [6.07, 6.45) is 0.815. The standard InChI is InChI=1S/C22H31N3O3S/c1-16-8-6-9-20(17(16)2)25-29(27,28)19-12-10-18(11-13-19)21(26)23-14-7-15-24-22(3,4)5/h6,8-13,24-25H,7,14-15H2,1-5H3,(H,23,26). The molecule has 0 saturated carbocycles. The van der Waals surface area contributed by atoms with Crippen molar-refractivity contribution in [3.63, 3.8) is 0 Å². The fourth-order valence-electron chi connectivity index (χ4n) is 2.71. The lowest BCUT2D eigenvalue weighted by Crippen LogP contribution is -2.37. The number of hydrogen-bond acceptors (Lipinski definition) is 4. The van der Waals surface area contributed by atoms with Crippen LogP contribution in [-0.4, -0.2) is 33.0 Å². The molecule has 2 aromatic rings. The Balaban J connectivity index is 1.96. The zero-order valence-corrected chi connectivity index (χ0v) is 18.6. The van der Waals surface area contributed by atoms with Crippen molar-refractivity contribution in [1.29, 1.82) is 0 Å². The summed E-state index contributed by atoms with van der Waals surface area (Å²) in [5.41, 5.74) is 2.93. The minimum atomic E-state index is -3.72. The molecule has 29 heavy (non-hydrogen) atoms. The fraction of sp³-hybridized carbons (Fsp3) is 0.409. The normalized spacial score (nSPS) is 11.9. The maximum atomic E-state index is 12.7. The molecule has 2 rings (SSSR count). The highest BCUT2D eigenvalue weighted by molar-refractivity contribution is 7.92. The second-order valence-electron chi connectivity index (χ2n) is 8.16. The largest absolute Gasteiger partial charge is 0.352 e. The first kappa shape index (κ1) is 22.9. The van der Waals surface area contributed by atoms with Crippen molar-refractivity contribution < 1.29 is 13.2 Å². The van der Waals surface area contributed by atoms with Gasteiger partial charge in [-0.1, -0.05) is 12.1 Å². The highest BCUT2D eigenvalue weighted by Gasteiger charge is 2.16. The van der Waals surface area contributed by atoms with E-state index in [1.54, 1.807) is 6.07 Å². The number of amides is 1.